The highest BCUT2D eigenvalue weighted by molar-refractivity contribution is 5.74. The molecule has 1 atom stereocenters. The highest BCUT2D eigenvalue weighted by Gasteiger charge is 2.30. The first-order chi connectivity index (χ1) is 10.6. The molecule has 0 saturated heterocycles. The molecule has 1 aromatic heterocycles. The summed E-state index contributed by atoms with van der Waals surface area (Å²) in [4.78, 5) is 11.0. The fourth-order valence-electron chi connectivity index (χ4n) is 3.48. The van der Waals surface area contributed by atoms with Crippen LogP contribution in [0.15, 0.2) is 24.3 Å². The molecule has 0 amide bonds. The third-order valence-corrected chi connectivity index (χ3v) is 4.45. The van der Waals surface area contributed by atoms with Crippen molar-refractivity contribution < 1.29 is 4.92 Å². The average Bonchev–Trinajstić information content (AvgIpc) is 2.86. The van der Waals surface area contributed by atoms with Crippen LogP contribution >= 0.6 is 0 Å². The zero-order chi connectivity index (χ0) is 15.7. The van der Waals surface area contributed by atoms with E-state index < -0.39 is 0 Å². The maximum Gasteiger partial charge on any atom is 0.278 e. The van der Waals surface area contributed by atoms with Gasteiger partial charge in [0.05, 0.1) is 10.5 Å². The van der Waals surface area contributed by atoms with Gasteiger partial charge in [0.25, 0.3) is 5.69 Å². The lowest BCUT2D eigenvalue weighted by molar-refractivity contribution is -0.384. The highest BCUT2D eigenvalue weighted by atomic mass is 16.6. The quantitative estimate of drug-likeness (QED) is 0.694. The summed E-state index contributed by atoms with van der Waals surface area (Å²) >= 11 is 0. The zero-order valence-corrected chi connectivity index (χ0v) is 12.7. The van der Waals surface area contributed by atoms with Crippen molar-refractivity contribution in [1.29, 1.82) is 0 Å². The summed E-state index contributed by atoms with van der Waals surface area (Å²) < 4.78 is 1.88. The summed E-state index contributed by atoms with van der Waals surface area (Å²) in [6.45, 7) is 0.620. The van der Waals surface area contributed by atoms with Crippen LogP contribution in [-0.2, 0) is 13.5 Å². The molecule has 2 N–H and O–H groups in total. The van der Waals surface area contributed by atoms with Gasteiger partial charge in [-0.2, -0.15) is 5.10 Å². The van der Waals surface area contributed by atoms with Crippen molar-refractivity contribution in [3.8, 4) is 11.3 Å². The van der Waals surface area contributed by atoms with Crippen molar-refractivity contribution in [3.05, 3.63) is 45.6 Å². The maximum atomic E-state index is 11.3. The second-order valence-electron chi connectivity index (χ2n) is 5.77. The molecular formula is C16H20N4O2. The lowest BCUT2D eigenvalue weighted by atomic mass is 9.82. The molecule has 116 valence electrons. The van der Waals surface area contributed by atoms with E-state index >= 15 is 0 Å². The van der Waals surface area contributed by atoms with E-state index in [4.69, 9.17) is 5.73 Å². The number of nitro groups is 1. The van der Waals surface area contributed by atoms with E-state index in [9.17, 15) is 10.1 Å². The second kappa shape index (κ2) is 5.88. The smallest absolute Gasteiger partial charge is 0.278 e. The van der Waals surface area contributed by atoms with Crippen LogP contribution in [-0.4, -0.2) is 21.2 Å². The minimum Gasteiger partial charge on any atom is -0.330 e. The van der Waals surface area contributed by atoms with Gasteiger partial charge in [-0.15, -0.1) is 0 Å². The first-order valence-corrected chi connectivity index (χ1v) is 7.63. The monoisotopic (exact) mass is 300 g/mol. The molecule has 1 aliphatic rings. The largest absolute Gasteiger partial charge is 0.330 e. The lowest BCUT2D eigenvalue weighted by Crippen LogP contribution is -2.15. The van der Waals surface area contributed by atoms with Crippen molar-refractivity contribution in [3.63, 3.8) is 0 Å². The highest BCUT2D eigenvalue weighted by Crippen LogP contribution is 2.41. The predicted octanol–water partition coefficient (Wildman–Crippen LogP) is 2.76. The van der Waals surface area contributed by atoms with Gasteiger partial charge >= 0.3 is 0 Å². The number of para-hydroxylation sites is 1. The molecule has 1 unspecified atom stereocenters. The van der Waals surface area contributed by atoms with Gasteiger partial charge in [0, 0.05) is 24.4 Å². The van der Waals surface area contributed by atoms with Crippen molar-refractivity contribution in [1.82, 2.24) is 9.78 Å². The molecule has 3 rings (SSSR count). The Labute approximate surface area is 129 Å². The summed E-state index contributed by atoms with van der Waals surface area (Å²) in [6.07, 6.45) is 4.06. The predicted molar refractivity (Wildman–Crippen MR) is 84.6 cm³/mol. The molecular weight excluding hydrogens is 280 g/mol. The van der Waals surface area contributed by atoms with Crippen LogP contribution in [0.1, 0.15) is 36.4 Å². The summed E-state index contributed by atoms with van der Waals surface area (Å²) in [5.41, 5.74) is 9.58. The first-order valence-electron chi connectivity index (χ1n) is 7.63. The molecule has 6 heteroatoms. The summed E-state index contributed by atoms with van der Waals surface area (Å²) in [5.74, 6) is 0.345. The Balaban J connectivity index is 2.19. The number of aryl methyl sites for hydroxylation is 1. The molecule has 1 aliphatic carbocycles. The van der Waals surface area contributed by atoms with Gasteiger partial charge in [-0.3, -0.25) is 14.8 Å². The van der Waals surface area contributed by atoms with Crippen LogP contribution < -0.4 is 5.73 Å². The Bertz CT molecular complexity index is 708. The number of benzene rings is 1. The topological polar surface area (TPSA) is 87.0 Å². The summed E-state index contributed by atoms with van der Waals surface area (Å²) in [6, 6.07) is 6.84. The van der Waals surface area contributed by atoms with E-state index in [2.05, 4.69) is 5.10 Å². The van der Waals surface area contributed by atoms with Gasteiger partial charge in [-0.1, -0.05) is 12.1 Å². The van der Waals surface area contributed by atoms with Crippen molar-refractivity contribution >= 4 is 5.69 Å². The molecule has 6 nitrogen and oxygen atoms in total. The van der Waals surface area contributed by atoms with Crippen molar-refractivity contribution in [2.75, 3.05) is 6.54 Å². The van der Waals surface area contributed by atoms with E-state index in [1.165, 1.54) is 11.8 Å². The lowest BCUT2D eigenvalue weighted by Gasteiger charge is -2.23. The standard InChI is InChI=1S/C16H20N4O2/c1-19-14-8-4-5-11(9-10-17)15(14)16(18-19)12-6-2-3-7-13(12)20(21)22/h2-3,6-7,11H,4-5,8-10,17H2,1H3. The van der Waals surface area contributed by atoms with Crippen LogP contribution in [0.4, 0.5) is 5.69 Å². The Kier molecular flexibility index (Phi) is 3.94. The number of aromatic nitrogens is 2. The number of rotatable bonds is 4. The van der Waals surface area contributed by atoms with Crippen LogP contribution in [0, 0.1) is 10.1 Å². The van der Waals surface area contributed by atoms with Crippen LogP contribution in [0.3, 0.4) is 0 Å². The van der Waals surface area contributed by atoms with Crippen LogP contribution in [0.25, 0.3) is 11.3 Å². The first kappa shape index (κ1) is 14.7. The molecule has 0 spiro atoms. The third-order valence-electron chi connectivity index (χ3n) is 4.45. The maximum absolute atomic E-state index is 11.3. The normalized spacial score (nSPS) is 17.3. The number of nitrogens with zero attached hydrogens (tertiary/aromatic N) is 3. The number of nitrogens with two attached hydrogens (primary N) is 1. The van der Waals surface area contributed by atoms with E-state index in [-0.39, 0.29) is 10.6 Å². The van der Waals surface area contributed by atoms with Gasteiger partial charge in [0.1, 0.15) is 5.69 Å². The molecule has 22 heavy (non-hydrogen) atoms. The molecule has 0 fully saturated rings. The van der Waals surface area contributed by atoms with Crippen LogP contribution in [0.2, 0.25) is 0 Å². The molecule has 0 aliphatic heterocycles. The summed E-state index contributed by atoms with van der Waals surface area (Å²) in [5, 5.41) is 15.9. The fourth-order valence-corrected chi connectivity index (χ4v) is 3.48. The Morgan fingerprint density at radius 3 is 2.95 bits per heavy atom. The molecule has 0 bridgehead atoms. The minimum atomic E-state index is -0.336. The second-order valence-corrected chi connectivity index (χ2v) is 5.77. The van der Waals surface area contributed by atoms with Gasteiger partial charge in [-0.05, 0) is 44.2 Å². The molecule has 0 saturated carbocycles. The number of nitro benzene ring substituents is 1. The molecule has 1 heterocycles. The van der Waals surface area contributed by atoms with E-state index in [0.29, 0.717) is 18.0 Å². The summed E-state index contributed by atoms with van der Waals surface area (Å²) in [7, 11) is 1.92. The Morgan fingerprint density at radius 1 is 1.45 bits per heavy atom. The van der Waals surface area contributed by atoms with Crippen LogP contribution in [0.5, 0.6) is 0 Å². The van der Waals surface area contributed by atoms with Crippen molar-refractivity contribution in [2.24, 2.45) is 12.8 Å². The zero-order valence-electron chi connectivity index (χ0n) is 12.7. The van der Waals surface area contributed by atoms with Gasteiger partial charge in [-0.25, -0.2) is 0 Å². The Morgan fingerprint density at radius 2 is 2.23 bits per heavy atom. The number of fused-ring (bicyclic) bond motifs is 1. The molecule has 2 aromatic rings. The minimum absolute atomic E-state index is 0.112. The third kappa shape index (κ3) is 2.39. The van der Waals surface area contributed by atoms with Gasteiger partial charge in [0.2, 0.25) is 0 Å². The van der Waals surface area contributed by atoms with E-state index in [1.807, 2.05) is 17.8 Å². The van der Waals surface area contributed by atoms with Gasteiger partial charge in [0.15, 0.2) is 0 Å². The molecule has 1 aromatic carbocycles. The molecule has 0 radical (unpaired) electrons. The number of hydrogen-bond donors (Lipinski definition) is 1. The number of hydrogen-bond acceptors (Lipinski definition) is 4. The average molecular weight is 300 g/mol. The van der Waals surface area contributed by atoms with Gasteiger partial charge < -0.3 is 5.73 Å². The van der Waals surface area contributed by atoms with E-state index in [0.717, 1.165) is 36.9 Å². The van der Waals surface area contributed by atoms with Crippen molar-refractivity contribution in [2.45, 2.75) is 31.6 Å². The SMILES string of the molecule is Cn1nc(-c2ccccc2[N+](=O)[O-])c2c1CCCC2CCN. The van der Waals surface area contributed by atoms with E-state index in [1.54, 1.807) is 12.1 Å². The fraction of sp³-hybridized carbons (Fsp3) is 0.438. The Hall–Kier alpha value is -2.21.